The Hall–Kier alpha value is -2.32. The zero-order valence-corrected chi connectivity index (χ0v) is 16.6. The van der Waals surface area contributed by atoms with Gasteiger partial charge in [0.25, 0.3) is 5.91 Å². The third kappa shape index (κ3) is 4.44. The second-order valence-electron chi connectivity index (χ2n) is 5.64. The van der Waals surface area contributed by atoms with E-state index in [1.54, 1.807) is 18.3 Å². The van der Waals surface area contributed by atoms with Gasteiger partial charge in [-0.2, -0.15) is 0 Å². The summed E-state index contributed by atoms with van der Waals surface area (Å²) >= 11 is 6.67. The number of nitrogens with one attached hydrogen (secondary N) is 1. The summed E-state index contributed by atoms with van der Waals surface area (Å²) in [5.74, 6) is -1.04. The van der Waals surface area contributed by atoms with Crippen LogP contribution in [0.2, 0.25) is 0 Å². The molecule has 2 amide bonds. The molecule has 1 atom stereocenters. The highest BCUT2D eigenvalue weighted by molar-refractivity contribution is 9.11. The number of carbonyl (C=O) groups excluding carboxylic acids is 2. The number of fused-ring (bicyclic) bond motifs is 1. The first kappa shape index (κ1) is 18.5. The predicted molar refractivity (Wildman–Crippen MR) is 106 cm³/mol. The smallest absolute Gasteiger partial charge is 0.252 e. The summed E-state index contributed by atoms with van der Waals surface area (Å²) in [4.78, 5) is 33.1. The molecule has 0 aliphatic carbocycles. The number of carbonyl (C=O) groups is 2. The normalized spacial score (nSPS) is 11.9. The lowest BCUT2D eigenvalue weighted by Gasteiger charge is -2.15. The van der Waals surface area contributed by atoms with Gasteiger partial charge in [-0.1, -0.05) is 44.0 Å². The molecular formula is C18H14Br2N4O2. The lowest BCUT2D eigenvalue weighted by atomic mass is 10.1. The minimum atomic E-state index is -0.893. The van der Waals surface area contributed by atoms with Gasteiger partial charge in [0, 0.05) is 27.1 Å². The molecule has 0 fully saturated rings. The van der Waals surface area contributed by atoms with Crippen LogP contribution in [0.4, 0.5) is 0 Å². The first-order valence-electron chi connectivity index (χ1n) is 7.69. The summed E-state index contributed by atoms with van der Waals surface area (Å²) in [6.07, 6.45) is 1.74. The Labute approximate surface area is 166 Å². The molecule has 26 heavy (non-hydrogen) atoms. The third-order valence-electron chi connectivity index (χ3n) is 3.69. The molecule has 0 spiro atoms. The number of rotatable bonds is 5. The van der Waals surface area contributed by atoms with Gasteiger partial charge in [-0.15, -0.1) is 0 Å². The van der Waals surface area contributed by atoms with Gasteiger partial charge in [0.05, 0.1) is 16.7 Å². The van der Waals surface area contributed by atoms with Crippen LogP contribution in [0, 0.1) is 0 Å². The van der Waals surface area contributed by atoms with Crippen LogP contribution in [0.25, 0.3) is 11.0 Å². The van der Waals surface area contributed by atoms with Gasteiger partial charge in [-0.05, 0) is 30.3 Å². The van der Waals surface area contributed by atoms with Crippen LogP contribution in [-0.2, 0) is 11.2 Å². The van der Waals surface area contributed by atoms with Gasteiger partial charge < -0.3 is 11.1 Å². The maximum Gasteiger partial charge on any atom is 0.252 e. The van der Waals surface area contributed by atoms with Crippen molar-refractivity contribution in [1.29, 1.82) is 0 Å². The van der Waals surface area contributed by atoms with Crippen molar-refractivity contribution in [2.75, 3.05) is 0 Å². The van der Waals surface area contributed by atoms with Crippen molar-refractivity contribution in [3.63, 3.8) is 0 Å². The van der Waals surface area contributed by atoms with Crippen molar-refractivity contribution >= 4 is 54.7 Å². The first-order chi connectivity index (χ1) is 12.4. The molecule has 0 unspecified atom stereocenters. The predicted octanol–water partition coefficient (Wildman–Crippen LogP) is 2.98. The summed E-state index contributed by atoms with van der Waals surface area (Å²) in [5, 5.41) is 2.66. The van der Waals surface area contributed by atoms with Crippen molar-refractivity contribution in [3.8, 4) is 0 Å². The monoisotopic (exact) mass is 476 g/mol. The van der Waals surface area contributed by atoms with E-state index in [4.69, 9.17) is 5.73 Å². The molecule has 3 N–H and O–H groups in total. The number of aromatic nitrogens is 2. The number of nitrogens with zero attached hydrogens (tertiary/aromatic N) is 2. The van der Waals surface area contributed by atoms with E-state index in [0.717, 1.165) is 20.0 Å². The molecule has 3 aromatic rings. The van der Waals surface area contributed by atoms with Crippen molar-refractivity contribution in [3.05, 3.63) is 68.9 Å². The standard InChI is InChI=1S/C18H14Br2N4O2/c19-11-5-10(6-12(20)7-11)18(26)24-16(17(21)25)8-13-9-22-14-3-1-2-4-15(14)23-13/h1-7,9,16H,8H2,(H2,21,25)(H,24,26)/t16-/m1/s1. The van der Waals surface area contributed by atoms with Gasteiger partial charge in [-0.25, -0.2) is 4.98 Å². The van der Waals surface area contributed by atoms with Crippen LogP contribution >= 0.6 is 31.9 Å². The molecule has 0 bridgehead atoms. The zero-order chi connectivity index (χ0) is 18.7. The van der Waals surface area contributed by atoms with Gasteiger partial charge in [-0.3, -0.25) is 14.6 Å². The minimum absolute atomic E-state index is 0.161. The second kappa shape index (κ2) is 7.92. The lowest BCUT2D eigenvalue weighted by Crippen LogP contribution is -2.46. The molecule has 0 radical (unpaired) electrons. The summed E-state index contributed by atoms with van der Waals surface area (Å²) in [6, 6.07) is 11.7. The average molecular weight is 478 g/mol. The number of amides is 2. The van der Waals surface area contributed by atoms with E-state index in [1.807, 2.05) is 30.3 Å². The molecule has 132 valence electrons. The fourth-order valence-electron chi connectivity index (χ4n) is 2.45. The molecule has 2 aromatic carbocycles. The van der Waals surface area contributed by atoms with Gasteiger partial charge >= 0.3 is 0 Å². The zero-order valence-electron chi connectivity index (χ0n) is 13.4. The van der Waals surface area contributed by atoms with Crippen LogP contribution < -0.4 is 11.1 Å². The van der Waals surface area contributed by atoms with E-state index in [1.165, 1.54) is 0 Å². The summed E-state index contributed by atoms with van der Waals surface area (Å²) in [5.41, 5.74) is 7.92. The maximum absolute atomic E-state index is 12.5. The second-order valence-corrected chi connectivity index (χ2v) is 7.47. The van der Waals surface area contributed by atoms with E-state index >= 15 is 0 Å². The number of hydrogen-bond donors (Lipinski definition) is 2. The number of hydrogen-bond acceptors (Lipinski definition) is 4. The summed E-state index contributed by atoms with van der Waals surface area (Å²) < 4.78 is 1.49. The molecule has 0 saturated heterocycles. The SMILES string of the molecule is NC(=O)[C@@H](Cc1cnc2ccccc2n1)NC(=O)c1cc(Br)cc(Br)c1. The molecule has 6 nitrogen and oxygen atoms in total. The fraction of sp³-hybridized carbons (Fsp3) is 0.111. The van der Waals surface area contributed by atoms with Crippen LogP contribution in [0.5, 0.6) is 0 Å². The number of halogens is 2. The van der Waals surface area contributed by atoms with Crippen LogP contribution in [0.1, 0.15) is 16.1 Å². The topological polar surface area (TPSA) is 98.0 Å². The number of benzene rings is 2. The van der Waals surface area contributed by atoms with Crippen molar-refractivity contribution in [1.82, 2.24) is 15.3 Å². The third-order valence-corrected chi connectivity index (χ3v) is 4.60. The van der Waals surface area contributed by atoms with Crippen molar-refractivity contribution < 1.29 is 9.59 Å². The molecule has 1 aromatic heterocycles. The molecule has 1 heterocycles. The van der Waals surface area contributed by atoms with E-state index in [9.17, 15) is 9.59 Å². The molecule has 0 saturated carbocycles. The van der Waals surface area contributed by atoms with Gasteiger partial charge in [0.15, 0.2) is 0 Å². The first-order valence-corrected chi connectivity index (χ1v) is 9.28. The molecular weight excluding hydrogens is 464 g/mol. The van der Waals surface area contributed by atoms with Crippen LogP contribution in [0.3, 0.4) is 0 Å². The Balaban J connectivity index is 1.80. The molecule has 3 rings (SSSR count). The van der Waals surface area contributed by atoms with Crippen LogP contribution in [-0.4, -0.2) is 27.8 Å². The van der Waals surface area contributed by atoms with Crippen molar-refractivity contribution in [2.24, 2.45) is 5.73 Å². The van der Waals surface area contributed by atoms with E-state index < -0.39 is 17.9 Å². The number of nitrogens with two attached hydrogens (primary N) is 1. The highest BCUT2D eigenvalue weighted by Gasteiger charge is 2.21. The average Bonchev–Trinajstić information content (AvgIpc) is 2.60. The van der Waals surface area contributed by atoms with Gasteiger partial charge in [0.1, 0.15) is 6.04 Å². The fourth-order valence-corrected chi connectivity index (χ4v) is 3.75. The Bertz CT molecular complexity index is 974. The Kier molecular flexibility index (Phi) is 5.63. The molecule has 0 aliphatic rings. The van der Waals surface area contributed by atoms with E-state index in [-0.39, 0.29) is 6.42 Å². The maximum atomic E-state index is 12.5. The quantitative estimate of drug-likeness (QED) is 0.590. The van der Waals surface area contributed by atoms with Crippen LogP contribution in [0.15, 0.2) is 57.6 Å². The number of para-hydroxylation sites is 2. The van der Waals surface area contributed by atoms with Crippen molar-refractivity contribution in [2.45, 2.75) is 12.5 Å². The Morgan fingerprint density at radius 1 is 1.08 bits per heavy atom. The summed E-state index contributed by atoms with van der Waals surface area (Å²) in [7, 11) is 0. The minimum Gasteiger partial charge on any atom is -0.368 e. The molecule has 0 aliphatic heterocycles. The van der Waals surface area contributed by atoms with E-state index in [0.29, 0.717) is 11.3 Å². The Morgan fingerprint density at radius 3 is 2.38 bits per heavy atom. The van der Waals surface area contributed by atoms with Gasteiger partial charge in [0.2, 0.25) is 5.91 Å². The highest BCUT2D eigenvalue weighted by atomic mass is 79.9. The number of primary amides is 1. The summed E-state index contributed by atoms with van der Waals surface area (Å²) in [6.45, 7) is 0. The Morgan fingerprint density at radius 2 is 1.73 bits per heavy atom. The van der Waals surface area contributed by atoms with E-state index in [2.05, 4.69) is 47.1 Å². The highest BCUT2D eigenvalue weighted by Crippen LogP contribution is 2.20. The lowest BCUT2D eigenvalue weighted by molar-refractivity contribution is -0.119. The molecule has 8 heteroatoms. The largest absolute Gasteiger partial charge is 0.368 e.